The number of hydrogen-bond acceptors (Lipinski definition) is 2. The number of hydrogen-bond donors (Lipinski definition) is 1. The van der Waals surface area contributed by atoms with Gasteiger partial charge in [0.05, 0.1) is 0 Å². The number of rotatable bonds is 5. The minimum absolute atomic E-state index is 0.194. The maximum atomic E-state index is 6.32. The highest BCUT2D eigenvalue weighted by Gasteiger charge is 2.15. The van der Waals surface area contributed by atoms with Gasteiger partial charge in [-0.3, -0.25) is 4.98 Å². The van der Waals surface area contributed by atoms with Crippen LogP contribution in [0.2, 0.25) is 5.02 Å². The van der Waals surface area contributed by atoms with Crippen LogP contribution in [0.5, 0.6) is 0 Å². The van der Waals surface area contributed by atoms with Crippen LogP contribution in [0.3, 0.4) is 0 Å². The van der Waals surface area contributed by atoms with Crippen molar-refractivity contribution in [2.24, 2.45) is 0 Å². The van der Waals surface area contributed by atoms with Gasteiger partial charge in [-0.15, -0.1) is 0 Å². The van der Waals surface area contributed by atoms with E-state index < -0.39 is 0 Å². The van der Waals surface area contributed by atoms with E-state index in [2.05, 4.69) is 45.3 Å². The summed E-state index contributed by atoms with van der Waals surface area (Å²) in [5.74, 6) is 0. The van der Waals surface area contributed by atoms with E-state index in [4.69, 9.17) is 11.6 Å². The first-order chi connectivity index (χ1) is 9.20. The average molecular weight is 340 g/mol. The quantitative estimate of drug-likeness (QED) is 0.874. The molecule has 19 heavy (non-hydrogen) atoms. The SMILES string of the molecule is CCNC(Cc1cccnc1)c1cc(Br)ccc1Cl. The lowest BCUT2D eigenvalue weighted by Crippen LogP contribution is -2.23. The van der Waals surface area contributed by atoms with Crippen LogP contribution in [-0.2, 0) is 6.42 Å². The van der Waals surface area contributed by atoms with E-state index >= 15 is 0 Å². The van der Waals surface area contributed by atoms with E-state index in [9.17, 15) is 0 Å². The molecule has 0 saturated heterocycles. The summed E-state index contributed by atoms with van der Waals surface area (Å²) >= 11 is 9.82. The molecule has 1 atom stereocenters. The van der Waals surface area contributed by atoms with Gasteiger partial charge in [-0.2, -0.15) is 0 Å². The summed E-state index contributed by atoms with van der Waals surface area (Å²) in [6.07, 6.45) is 4.56. The standard InChI is InChI=1S/C15H16BrClN2/c1-2-19-15(8-11-4-3-7-18-10-11)13-9-12(16)5-6-14(13)17/h3-7,9-10,15,19H,2,8H2,1H3. The van der Waals surface area contributed by atoms with Gasteiger partial charge in [-0.25, -0.2) is 0 Å². The second-order valence-electron chi connectivity index (χ2n) is 4.34. The molecule has 1 aromatic carbocycles. The molecule has 2 aromatic rings. The number of aromatic nitrogens is 1. The maximum absolute atomic E-state index is 6.32. The third kappa shape index (κ3) is 4.03. The van der Waals surface area contributed by atoms with Gasteiger partial charge in [0.15, 0.2) is 0 Å². The van der Waals surface area contributed by atoms with Crippen LogP contribution in [-0.4, -0.2) is 11.5 Å². The molecular formula is C15H16BrClN2. The van der Waals surface area contributed by atoms with E-state index in [0.717, 1.165) is 28.0 Å². The molecule has 0 aliphatic heterocycles. The third-order valence-electron chi connectivity index (χ3n) is 2.95. The number of nitrogens with one attached hydrogen (secondary N) is 1. The van der Waals surface area contributed by atoms with Crippen molar-refractivity contribution in [2.75, 3.05) is 6.54 Å². The number of benzene rings is 1. The monoisotopic (exact) mass is 338 g/mol. The minimum Gasteiger partial charge on any atom is -0.310 e. The van der Waals surface area contributed by atoms with Crippen LogP contribution in [0.4, 0.5) is 0 Å². The Morgan fingerprint density at radius 2 is 2.21 bits per heavy atom. The minimum atomic E-state index is 0.194. The maximum Gasteiger partial charge on any atom is 0.0454 e. The van der Waals surface area contributed by atoms with Crippen LogP contribution < -0.4 is 5.32 Å². The van der Waals surface area contributed by atoms with Crippen LogP contribution in [0.25, 0.3) is 0 Å². The Morgan fingerprint density at radius 3 is 2.89 bits per heavy atom. The third-order valence-corrected chi connectivity index (χ3v) is 3.78. The molecule has 2 nitrogen and oxygen atoms in total. The van der Waals surface area contributed by atoms with Gasteiger partial charge in [0, 0.05) is 27.9 Å². The van der Waals surface area contributed by atoms with Gasteiger partial charge in [0.25, 0.3) is 0 Å². The van der Waals surface area contributed by atoms with E-state index in [1.807, 2.05) is 24.4 Å². The second kappa shape index (κ2) is 7.04. The Bertz CT molecular complexity index is 531. The van der Waals surface area contributed by atoms with E-state index in [-0.39, 0.29) is 6.04 Å². The first-order valence-corrected chi connectivity index (χ1v) is 7.45. The Morgan fingerprint density at radius 1 is 1.37 bits per heavy atom. The molecule has 1 unspecified atom stereocenters. The Kier molecular flexibility index (Phi) is 5.37. The Balaban J connectivity index is 2.27. The van der Waals surface area contributed by atoms with Gasteiger partial charge in [0.1, 0.15) is 0 Å². The zero-order chi connectivity index (χ0) is 13.7. The topological polar surface area (TPSA) is 24.9 Å². The van der Waals surface area contributed by atoms with Crippen molar-refractivity contribution in [2.45, 2.75) is 19.4 Å². The van der Waals surface area contributed by atoms with Gasteiger partial charge >= 0.3 is 0 Å². The summed E-state index contributed by atoms with van der Waals surface area (Å²) < 4.78 is 1.04. The summed E-state index contributed by atoms with van der Waals surface area (Å²) in [5, 5.41) is 4.27. The fourth-order valence-corrected chi connectivity index (χ4v) is 2.70. The molecule has 100 valence electrons. The molecule has 1 heterocycles. The van der Waals surface area contributed by atoms with E-state index in [0.29, 0.717) is 0 Å². The highest BCUT2D eigenvalue weighted by Crippen LogP contribution is 2.28. The summed E-state index contributed by atoms with van der Waals surface area (Å²) in [6, 6.07) is 10.2. The van der Waals surface area contributed by atoms with Gasteiger partial charge in [-0.05, 0) is 48.4 Å². The Hall–Kier alpha value is -0.900. The second-order valence-corrected chi connectivity index (χ2v) is 5.66. The molecular weight excluding hydrogens is 324 g/mol. The highest BCUT2D eigenvalue weighted by molar-refractivity contribution is 9.10. The van der Waals surface area contributed by atoms with Crippen molar-refractivity contribution in [1.29, 1.82) is 0 Å². The molecule has 0 amide bonds. The van der Waals surface area contributed by atoms with E-state index in [1.165, 1.54) is 5.56 Å². The molecule has 0 fully saturated rings. The largest absolute Gasteiger partial charge is 0.310 e. The summed E-state index contributed by atoms with van der Waals surface area (Å²) in [4.78, 5) is 4.16. The molecule has 0 saturated carbocycles. The lowest BCUT2D eigenvalue weighted by Gasteiger charge is -2.20. The fraction of sp³-hybridized carbons (Fsp3) is 0.267. The van der Waals surface area contributed by atoms with Crippen molar-refractivity contribution >= 4 is 27.5 Å². The number of nitrogens with zero attached hydrogens (tertiary/aromatic N) is 1. The number of halogens is 2. The summed E-state index contributed by atoms with van der Waals surface area (Å²) in [6.45, 7) is 3.00. The lowest BCUT2D eigenvalue weighted by molar-refractivity contribution is 0.549. The van der Waals surface area contributed by atoms with Crippen molar-refractivity contribution in [3.63, 3.8) is 0 Å². The van der Waals surface area contributed by atoms with Crippen LogP contribution in [0.15, 0.2) is 47.2 Å². The van der Waals surface area contributed by atoms with Crippen LogP contribution in [0.1, 0.15) is 24.1 Å². The highest BCUT2D eigenvalue weighted by atomic mass is 79.9. The molecule has 0 radical (unpaired) electrons. The van der Waals surface area contributed by atoms with Crippen LogP contribution in [0, 0.1) is 0 Å². The molecule has 1 N–H and O–H groups in total. The van der Waals surface area contributed by atoms with Crippen molar-refractivity contribution in [1.82, 2.24) is 10.3 Å². The molecule has 4 heteroatoms. The molecule has 0 spiro atoms. The van der Waals surface area contributed by atoms with Crippen molar-refractivity contribution < 1.29 is 0 Å². The molecule has 1 aromatic heterocycles. The van der Waals surface area contributed by atoms with Crippen LogP contribution >= 0.6 is 27.5 Å². The lowest BCUT2D eigenvalue weighted by atomic mass is 10.00. The smallest absolute Gasteiger partial charge is 0.0454 e. The van der Waals surface area contributed by atoms with Crippen molar-refractivity contribution in [3.8, 4) is 0 Å². The zero-order valence-corrected chi connectivity index (χ0v) is 13.1. The predicted molar refractivity (Wildman–Crippen MR) is 83.5 cm³/mol. The number of likely N-dealkylation sites (N-methyl/N-ethyl adjacent to an activating group) is 1. The number of pyridine rings is 1. The van der Waals surface area contributed by atoms with E-state index in [1.54, 1.807) is 6.20 Å². The fourth-order valence-electron chi connectivity index (χ4n) is 2.07. The molecule has 0 aliphatic carbocycles. The van der Waals surface area contributed by atoms with Gasteiger partial charge < -0.3 is 5.32 Å². The molecule has 2 rings (SSSR count). The summed E-state index contributed by atoms with van der Waals surface area (Å²) in [5.41, 5.74) is 2.31. The zero-order valence-electron chi connectivity index (χ0n) is 10.7. The van der Waals surface area contributed by atoms with Crippen molar-refractivity contribution in [3.05, 3.63) is 63.3 Å². The normalized spacial score (nSPS) is 12.4. The molecule has 0 bridgehead atoms. The van der Waals surface area contributed by atoms with Gasteiger partial charge in [0.2, 0.25) is 0 Å². The van der Waals surface area contributed by atoms with Gasteiger partial charge in [-0.1, -0.05) is 40.5 Å². The first kappa shape index (κ1) is 14.5. The average Bonchev–Trinajstić information content (AvgIpc) is 2.42. The predicted octanol–water partition coefficient (Wildman–Crippen LogP) is 4.39. The molecule has 0 aliphatic rings. The summed E-state index contributed by atoms with van der Waals surface area (Å²) in [7, 11) is 0. The Labute approximate surface area is 127 Å². The first-order valence-electron chi connectivity index (χ1n) is 6.28.